The first kappa shape index (κ1) is 18.2. The van der Waals surface area contributed by atoms with Crippen LogP contribution in [0.2, 0.25) is 0 Å². The van der Waals surface area contributed by atoms with E-state index in [0.717, 1.165) is 36.7 Å². The summed E-state index contributed by atoms with van der Waals surface area (Å²) in [6, 6.07) is 11.0. The van der Waals surface area contributed by atoms with Gasteiger partial charge in [0, 0.05) is 26.3 Å². The van der Waals surface area contributed by atoms with E-state index >= 15 is 0 Å². The zero-order valence-electron chi connectivity index (χ0n) is 16.8. The van der Waals surface area contributed by atoms with Crippen molar-refractivity contribution in [3.05, 3.63) is 48.3 Å². The molecule has 1 atom stereocenters. The van der Waals surface area contributed by atoms with Crippen molar-refractivity contribution in [3.8, 4) is 0 Å². The van der Waals surface area contributed by atoms with Crippen LogP contribution in [0.4, 0.5) is 11.4 Å². The number of rotatable bonds is 3. The number of anilines is 2. The first-order valence-corrected chi connectivity index (χ1v) is 10.5. The normalized spacial score (nSPS) is 22.2. The van der Waals surface area contributed by atoms with E-state index in [9.17, 15) is 9.59 Å². The number of amides is 2. The summed E-state index contributed by atoms with van der Waals surface area (Å²) < 4.78 is 1.98. The number of carbonyl (C=O) groups excluding carboxylic acids is 2. The average Bonchev–Trinajstić information content (AvgIpc) is 3.20. The van der Waals surface area contributed by atoms with Crippen LogP contribution in [0, 0.1) is 0 Å². The Labute approximate surface area is 171 Å². The van der Waals surface area contributed by atoms with Gasteiger partial charge in [-0.05, 0) is 50.2 Å². The lowest BCUT2D eigenvalue weighted by Crippen LogP contribution is -2.57. The second kappa shape index (κ2) is 7.22. The number of piperidine rings is 1. The van der Waals surface area contributed by atoms with Gasteiger partial charge in [-0.1, -0.05) is 18.6 Å². The SMILES string of the molecule is CN1c2ccccc2N2C(=O)CN(CCN3CCCCC3)C(=O)C2c2cccn21. The minimum Gasteiger partial charge on any atom is -0.330 e. The maximum absolute atomic E-state index is 13.6. The molecule has 2 aromatic rings. The number of nitrogens with zero attached hydrogens (tertiary/aromatic N) is 5. The lowest BCUT2D eigenvalue weighted by molar-refractivity contribution is -0.142. The van der Waals surface area contributed by atoms with Gasteiger partial charge < -0.3 is 9.80 Å². The number of hydrogen-bond donors (Lipinski definition) is 0. The van der Waals surface area contributed by atoms with E-state index < -0.39 is 6.04 Å². The zero-order valence-corrected chi connectivity index (χ0v) is 16.8. The lowest BCUT2D eigenvalue weighted by Gasteiger charge is -2.40. The van der Waals surface area contributed by atoms with Crippen LogP contribution in [0.15, 0.2) is 42.6 Å². The van der Waals surface area contributed by atoms with Crippen LogP contribution < -0.4 is 9.91 Å². The van der Waals surface area contributed by atoms with Gasteiger partial charge in [0.25, 0.3) is 5.91 Å². The molecule has 0 spiro atoms. The Morgan fingerprint density at radius 2 is 1.69 bits per heavy atom. The van der Waals surface area contributed by atoms with Crippen molar-refractivity contribution in [2.75, 3.05) is 49.7 Å². The second-order valence-electron chi connectivity index (χ2n) is 8.12. The fraction of sp³-hybridized carbons (Fsp3) is 0.455. The summed E-state index contributed by atoms with van der Waals surface area (Å²) in [4.78, 5) is 32.7. The molecule has 2 fully saturated rings. The van der Waals surface area contributed by atoms with E-state index in [0.29, 0.717) is 6.54 Å². The van der Waals surface area contributed by atoms with Gasteiger partial charge in [-0.25, -0.2) is 0 Å². The first-order valence-electron chi connectivity index (χ1n) is 10.5. The summed E-state index contributed by atoms with van der Waals surface area (Å²) in [7, 11) is 1.96. The average molecular weight is 393 g/mol. The molecular formula is C22H27N5O2. The minimum atomic E-state index is -0.626. The predicted octanol–water partition coefficient (Wildman–Crippen LogP) is 2.10. The fourth-order valence-electron chi connectivity index (χ4n) is 4.84. The van der Waals surface area contributed by atoms with E-state index in [1.54, 1.807) is 9.80 Å². The molecule has 3 aliphatic heterocycles. The summed E-state index contributed by atoms with van der Waals surface area (Å²) in [5.74, 6) is -0.0181. The van der Waals surface area contributed by atoms with Crippen molar-refractivity contribution < 1.29 is 9.59 Å². The van der Waals surface area contributed by atoms with Crippen LogP contribution in [0.5, 0.6) is 0 Å². The number of para-hydroxylation sites is 2. The molecular weight excluding hydrogens is 366 g/mol. The summed E-state index contributed by atoms with van der Waals surface area (Å²) in [5.41, 5.74) is 2.53. The van der Waals surface area contributed by atoms with Crippen molar-refractivity contribution in [2.45, 2.75) is 25.3 Å². The number of piperazine rings is 1. The van der Waals surface area contributed by atoms with Gasteiger partial charge in [-0.2, -0.15) is 0 Å². The molecule has 0 radical (unpaired) electrons. The van der Waals surface area contributed by atoms with Crippen molar-refractivity contribution in [1.29, 1.82) is 0 Å². The van der Waals surface area contributed by atoms with E-state index in [1.807, 2.05) is 59.3 Å². The molecule has 2 amide bonds. The lowest BCUT2D eigenvalue weighted by atomic mass is 10.0. The quantitative estimate of drug-likeness (QED) is 0.802. The Hall–Kier alpha value is -2.80. The standard InChI is InChI=1S/C22H27N5O2/c1-23-17-8-3-4-9-18(17)27-20(28)16-25(15-14-24-11-5-2-6-12-24)22(29)21(27)19-10-7-13-26(19)23/h3-4,7-10,13,21H,2,5-6,11-12,14-16H2,1H3. The molecule has 7 nitrogen and oxygen atoms in total. The Bertz CT molecular complexity index is 933. The van der Waals surface area contributed by atoms with Gasteiger partial charge in [0.1, 0.15) is 6.54 Å². The third-order valence-corrected chi connectivity index (χ3v) is 6.39. The van der Waals surface area contributed by atoms with Gasteiger partial charge in [-0.3, -0.25) is 24.2 Å². The van der Waals surface area contributed by atoms with E-state index in [4.69, 9.17) is 0 Å². The third kappa shape index (κ3) is 3.00. The molecule has 1 aromatic carbocycles. The van der Waals surface area contributed by atoms with E-state index in [-0.39, 0.29) is 18.4 Å². The highest BCUT2D eigenvalue weighted by Gasteiger charge is 2.45. The Morgan fingerprint density at radius 3 is 2.48 bits per heavy atom. The Balaban J connectivity index is 1.49. The van der Waals surface area contributed by atoms with Gasteiger partial charge in [0.2, 0.25) is 5.91 Å². The molecule has 0 bridgehead atoms. The highest BCUT2D eigenvalue weighted by Crippen LogP contribution is 2.41. The molecule has 7 heteroatoms. The van der Waals surface area contributed by atoms with Gasteiger partial charge >= 0.3 is 0 Å². The highest BCUT2D eigenvalue weighted by atomic mass is 16.2. The molecule has 0 N–H and O–H groups in total. The van der Waals surface area contributed by atoms with Crippen LogP contribution in [-0.2, 0) is 9.59 Å². The molecule has 1 aromatic heterocycles. The summed E-state index contributed by atoms with van der Waals surface area (Å²) in [5, 5.41) is 2.00. The summed E-state index contributed by atoms with van der Waals surface area (Å²) >= 11 is 0. The van der Waals surface area contributed by atoms with E-state index in [2.05, 4.69) is 4.90 Å². The molecule has 29 heavy (non-hydrogen) atoms. The van der Waals surface area contributed by atoms with Gasteiger partial charge in [0.15, 0.2) is 6.04 Å². The minimum absolute atomic E-state index is 0.00617. The number of fused-ring (bicyclic) bond motifs is 5. The highest BCUT2D eigenvalue weighted by molar-refractivity contribution is 6.08. The monoisotopic (exact) mass is 393 g/mol. The number of aromatic nitrogens is 1. The van der Waals surface area contributed by atoms with Crippen molar-refractivity contribution >= 4 is 23.2 Å². The van der Waals surface area contributed by atoms with Crippen LogP contribution in [0.1, 0.15) is 31.0 Å². The molecule has 5 rings (SSSR count). The maximum atomic E-state index is 13.6. The molecule has 0 aliphatic carbocycles. The predicted molar refractivity (Wildman–Crippen MR) is 112 cm³/mol. The molecule has 4 heterocycles. The molecule has 0 saturated carbocycles. The first-order chi connectivity index (χ1) is 14.1. The third-order valence-electron chi connectivity index (χ3n) is 6.39. The van der Waals surface area contributed by atoms with Gasteiger partial charge in [-0.15, -0.1) is 0 Å². The molecule has 3 aliphatic rings. The zero-order chi connectivity index (χ0) is 20.0. The number of benzene rings is 1. The smallest absolute Gasteiger partial charge is 0.252 e. The van der Waals surface area contributed by atoms with E-state index in [1.165, 1.54) is 19.3 Å². The Morgan fingerprint density at radius 1 is 0.931 bits per heavy atom. The van der Waals surface area contributed by atoms with Crippen LogP contribution in [0.3, 0.4) is 0 Å². The number of carbonyl (C=O) groups is 2. The topological polar surface area (TPSA) is 52.0 Å². The van der Waals surface area contributed by atoms with Crippen molar-refractivity contribution in [3.63, 3.8) is 0 Å². The largest absolute Gasteiger partial charge is 0.330 e. The Kier molecular flexibility index (Phi) is 4.54. The summed E-state index contributed by atoms with van der Waals surface area (Å²) in [6.45, 7) is 3.76. The van der Waals surface area contributed by atoms with Crippen molar-refractivity contribution in [2.24, 2.45) is 0 Å². The number of hydrogen-bond acceptors (Lipinski definition) is 4. The van der Waals surface area contributed by atoms with Crippen LogP contribution >= 0.6 is 0 Å². The van der Waals surface area contributed by atoms with Crippen LogP contribution in [-0.4, -0.2) is 66.1 Å². The molecule has 152 valence electrons. The fourth-order valence-corrected chi connectivity index (χ4v) is 4.84. The summed E-state index contributed by atoms with van der Waals surface area (Å²) in [6.07, 6.45) is 5.68. The number of likely N-dealkylation sites (tertiary alicyclic amines) is 1. The molecule has 1 unspecified atom stereocenters. The van der Waals surface area contributed by atoms with Gasteiger partial charge in [0.05, 0.1) is 17.1 Å². The maximum Gasteiger partial charge on any atom is 0.252 e. The van der Waals surface area contributed by atoms with Crippen LogP contribution in [0.25, 0.3) is 0 Å². The second-order valence-corrected chi connectivity index (χ2v) is 8.12. The van der Waals surface area contributed by atoms with Crippen molar-refractivity contribution in [1.82, 2.24) is 14.5 Å². The molecule has 2 saturated heterocycles.